The van der Waals surface area contributed by atoms with E-state index in [4.69, 9.17) is 5.11 Å². The molecule has 0 aliphatic carbocycles. The number of carboxylic acid groups (broad SMARTS) is 1. The summed E-state index contributed by atoms with van der Waals surface area (Å²) in [5.74, 6) is -1.52. The number of benzene rings is 2. The van der Waals surface area contributed by atoms with E-state index in [1.807, 2.05) is 0 Å². The molecule has 0 radical (unpaired) electrons. The third-order valence-electron chi connectivity index (χ3n) is 3.70. The molecule has 0 aromatic heterocycles. The van der Waals surface area contributed by atoms with E-state index in [9.17, 15) is 18.0 Å². The van der Waals surface area contributed by atoms with Gasteiger partial charge in [-0.1, -0.05) is 30.3 Å². The van der Waals surface area contributed by atoms with Crippen LogP contribution in [0.25, 0.3) is 0 Å². The molecule has 0 bridgehead atoms. The van der Waals surface area contributed by atoms with Gasteiger partial charge in [0.15, 0.2) is 0 Å². The van der Waals surface area contributed by atoms with E-state index in [1.165, 1.54) is 24.3 Å². The van der Waals surface area contributed by atoms with Gasteiger partial charge in [-0.2, -0.15) is 0 Å². The maximum Gasteiger partial charge on any atom is 0.305 e. The molecule has 144 valence electrons. The first-order valence-electron chi connectivity index (χ1n) is 8.39. The van der Waals surface area contributed by atoms with Crippen molar-refractivity contribution < 1.29 is 23.1 Å². The van der Waals surface area contributed by atoms with Crippen LogP contribution < -0.4 is 10.0 Å². The number of nitrogens with one attached hydrogen (secondary N) is 2. The number of amides is 1. The fourth-order valence-electron chi connectivity index (χ4n) is 2.52. The second-order valence-electron chi connectivity index (χ2n) is 6.33. The fraction of sp³-hybridized carbons (Fsp3) is 0.263. The minimum Gasteiger partial charge on any atom is -0.481 e. The summed E-state index contributed by atoms with van der Waals surface area (Å²) in [4.78, 5) is 23.7. The maximum absolute atomic E-state index is 12.5. The highest BCUT2D eigenvalue weighted by molar-refractivity contribution is 7.89. The van der Waals surface area contributed by atoms with Gasteiger partial charge in [0.2, 0.25) is 10.0 Å². The van der Waals surface area contributed by atoms with E-state index in [1.54, 1.807) is 44.2 Å². The van der Waals surface area contributed by atoms with Crippen molar-refractivity contribution in [2.45, 2.75) is 37.2 Å². The molecule has 0 aliphatic heterocycles. The first kappa shape index (κ1) is 20.6. The maximum atomic E-state index is 12.5. The highest BCUT2D eigenvalue weighted by Gasteiger charge is 2.20. The van der Waals surface area contributed by atoms with Crippen LogP contribution in [0.3, 0.4) is 0 Å². The van der Waals surface area contributed by atoms with E-state index >= 15 is 0 Å². The predicted molar refractivity (Wildman–Crippen MR) is 101 cm³/mol. The lowest BCUT2D eigenvalue weighted by Crippen LogP contribution is -2.31. The summed E-state index contributed by atoms with van der Waals surface area (Å²) in [5.41, 5.74) is 0.915. The summed E-state index contributed by atoms with van der Waals surface area (Å²) < 4.78 is 26.7. The SMILES string of the molecule is CC(C)NS(=O)(=O)c1ccc(C(=O)NC(CC(=O)O)c2ccccc2)cc1. The summed E-state index contributed by atoms with van der Waals surface area (Å²) in [6.07, 6.45) is -0.263. The fourth-order valence-corrected chi connectivity index (χ4v) is 3.77. The number of carbonyl (C=O) groups excluding carboxylic acids is 1. The quantitative estimate of drug-likeness (QED) is 0.640. The van der Waals surface area contributed by atoms with Gasteiger partial charge >= 0.3 is 5.97 Å². The molecule has 7 nitrogen and oxygen atoms in total. The third kappa shape index (κ3) is 5.90. The van der Waals surface area contributed by atoms with Crippen LogP contribution in [0.4, 0.5) is 0 Å². The lowest BCUT2D eigenvalue weighted by atomic mass is 10.0. The standard InChI is InChI=1S/C19H22N2O5S/c1-13(2)21-27(25,26)16-10-8-15(9-11-16)19(24)20-17(12-18(22)23)14-6-4-3-5-7-14/h3-11,13,17,21H,12H2,1-2H3,(H,20,24)(H,22,23). The minimum atomic E-state index is -3.64. The molecule has 0 aliphatic rings. The molecule has 2 aromatic carbocycles. The van der Waals surface area contributed by atoms with E-state index in [0.29, 0.717) is 5.56 Å². The Morgan fingerprint density at radius 1 is 1.00 bits per heavy atom. The van der Waals surface area contributed by atoms with Crippen molar-refractivity contribution in [3.05, 3.63) is 65.7 Å². The molecule has 0 fully saturated rings. The third-order valence-corrected chi connectivity index (χ3v) is 5.38. The van der Waals surface area contributed by atoms with Crippen LogP contribution in [0.15, 0.2) is 59.5 Å². The van der Waals surface area contributed by atoms with Crippen LogP contribution >= 0.6 is 0 Å². The molecule has 8 heteroatoms. The molecular formula is C19H22N2O5S. The zero-order valence-corrected chi connectivity index (χ0v) is 15.9. The van der Waals surface area contributed by atoms with E-state index < -0.39 is 27.9 Å². The number of aliphatic carboxylic acids is 1. The summed E-state index contributed by atoms with van der Waals surface area (Å²) in [7, 11) is -3.64. The first-order valence-corrected chi connectivity index (χ1v) is 9.87. The Labute approximate surface area is 158 Å². The molecule has 2 aromatic rings. The zero-order valence-electron chi connectivity index (χ0n) is 15.0. The second-order valence-corrected chi connectivity index (χ2v) is 8.05. The van der Waals surface area contributed by atoms with Gasteiger partial charge in [-0.25, -0.2) is 13.1 Å². The molecule has 1 amide bonds. The van der Waals surface area contributed by atoms with Crippen molar-refractivity contribution in [2.24, 2.45) is 0 Å². The average Bonchev–Trinajstić information content (AvgIpc) is 2.60. The number of carbonyl (C=O) groups is 2. The minimum absolute atomic E-state index is 0.0536. The zero-order chi connectivity index (χ0) is 20.0. The summed E-state index contributed by atoms with van der Waals surface area (Å²) >= 11 is 0. The van der Waals surface area contributed by atoms with Crippen LogP contribution in [0, 0.1) is 0 Å². The first-order chi connectivity index (χ1) is 12.7. The van der Waals surface area contributed by atoms with Gasteiger partial charge in [0, 0.05) is 11.6 Å². The summed E-state index contributed by atoms with van der Waals surface area (Å²) in [6, 6.07) is 13.3. The Kier molecular flexibility index (Phi) is 6.70. The van der Waals surface area contributed by atoms with Crippen LogP contribution in [-0.4, -0.2) is 31.4 Å². The smallest absolute Gasteiger partial charge is 0.305 e. The monoisotopic (exact) mass is 390 g/mol. The van der Waals surface area contributed by atoms with Gasteiger partial charge in [-0.3, -0.25) is 9.59 Å². The van der Waals surface area contributed by atoms with Gasteiger partial charge < -0.3 is 10.4 Å². The van der Waals surface area contributed by atoms with Gasteiger partial charge in [-0.05, 0) is 43.7 Å². The molecule has 1 atom stereocenters. The Balaban J connectivity index is 2.17. The van der Waals surface area contributed by atoms with Crippen molar-refractivity contribution in [1.29, 1.82) is 0 Å². The van der Waals surface area contributed by atoms with Crippen molar-refractivity contribution in [3.63, 3.8) is 0 Å². The van der Waals surface area contributed by atoms with Gasteiger partial charge in [0.05, 0.1) is 17.4 Å². The topological polar surface area (TPSA) is 113 Å². The predicted octanol–water partition coefficient (Wildman–Crippen LogP) is 2.32. The number of sulfonamides is 1. The van der Waals surface area contributed by atoms with E-state index in [2.05, 4.69) is 10.0 Å². The van der Waals surface area contributed by atoms with Crippen molar-refractivity contribution in [3.8, 4) is 0 Å². The normalized spacial score (nSPS) is 12.6. The van der Waals surface area contributed by atoms with Gasteiger partial charge in [0.25, 0.3) is 5.91 Å². The van der Waals surface area contributed by atoms with Crippen LogP contribution in [0.1, 0.15) is 42.2 Å². The lowest BCUT2D eigenvalue weighted by Gasteiger charge is -2.17. The molecule has 1 unspecified atom stereocenters. The van der Waals surface area contributed by atoms with E-state index in [-0.39, 0.29) is 22.9 Å². The molecule has 0 saturated heterocycles. The highest BCUT2D eigenvalue weighted by atomic mass is 32.2. The Bertz CT molecular complexity index is 893. The summed E-state index contributed by atoms with van der Waals surface area (Å²) in [6.45, 7) is 3.43. The number of hydrogen-bond donors (Lipinski definition) is 3. The Morgan fingerprint density at radius 3 is 2.11 bits per heavy atom. The number of rotatable bonds is 8. The lowest BCUT2D eigenvalue weighted by molar-refractivity contribution is -0.137. The molecule has 0 heterocycles. The number of hydrogen-bond acceptors (Lipinski definition) is 4. The van der Waals surface area contributed by atoms with Crippen LogP contribution in [-0.2, 0) is 14.8 Å². The highest BCUT2D eigenvalue weighted by Crippen LogP contribution is 2.18. The van der Waals surface area contributed by atoms with Crippen molar-refractivity contribution in [2.75, 3.05) is 0 Å². The molecule has 0 saturated carbocycles. The van der Waals surface area contributed by atoms with Gasteiger partial charge in [0.1, 0.15) is 0 Å². The molecule has 27 heavy (non-hydrogen) atoms. The Morgan fingerprint density at radius 2 is 1.59 bits per heavy atom. The van der Waals surface area contributed by atoms with Crippen LogP contribution in [0.5, 0.6) is 0 Å². The molecular weight excluding hydrogens is 368 g/mol. The largest absolute Gasteiger partial charge is 0.481 e. The van der Waals surface area contributed by atoms with E-state index in [0.717, 1.165) is 0 Å². The number of carboxylic acids is 1. The van der Waals surface area contributed by atoms with Gasteiger partial charge in [-0.15, -0.1) is 0 Å². The Hall–Kier alpha value is -2.71. The summed E-state index contributed by atoms with van der Waals surface area (Å²) in [5, 5.41) is 11.8. The molecule has 0 spiro atoms. The van der Waals surface area contributed by atoms with Crippen molar-refractivity contribution in [1.82, 2.24) is 10.0 Å². The molecule has 3 N–H and O–H groups in total. The second kappa shape index (κ2) is 8.79. The molecule has 2 rings (SSSR count). The average molecular weight is 390 g/mol. The van der Waals surface area contributed by atoms with Crippen molar-refractivity contribution >= 4 is 21.9 Å². The van der Waals surface area contributed by atoms with Crippen LogP contribution in [0.2, 0.25) is 0 Å².